The lowest BCUT2D eigenvalue weighted by Gasteiger charge is -2.34. The summed E-state index contributed by atoms with van der Waals surface area (Å²) in [7, 11) is -2.45. The molecule has 3 aromatic carbocycles. The summed E-state index contributed by atoms with van der Waals surface area (Å²) in [6.07, 6.45) is 1.30. The molecule has 208 valence electrons. The number of carbonyl (C=O) groups excluding carboxylic acids is 2. The van der Waals surface area contributed by atoms with Crippen LogP contribution < -0.4 is 14.4 Å². The molecule has 39 heavy (non-hydrogen) atoms. The highest BCUT2D eigenvalue weighted by molar-refractivity contribution is 9.10. The van der Waals surface area contributed by atoms with Crippen molar-refractivity contribution in [1.29, 1.82) is 0 Å². The van der Waals surface area contributed by atoms with Gasteiger partial charge in [-0.1, -0.05) is 70.5 Å². The molecule has 1 atom stereocenters. The molecule has 0 aliphatic heterocycles. The van der Waals surface area contributed by atoms with Crippen molar-refractivity contribution in [3.8, 4) is 5.75 Å². The second-order valence-corrected chi connectivity index (χ2v) is 12.3. The number of hydrogen-bond acceptors (Lipinski definition) is 5. The Morgan fingerprint density at radius 3 is 2.21 bits per heavy atom. The quantitative estimate of drug-likeness (QED) is 0.326. The third-order valence-electron chi connectivity index (χ3n) is 5.98. The van der Waals surface area contributed by atoms with Gasteiger partial charge in [-0.15, -0.1) is 0 Å². The Balaban J connectivity index is 2.08. The first-order chi connectivity index (χ1) is 18.5. The number of amides is 2. The van der Waals surface area contributed by atoms with Gasteiger partial charge in [-0.05, 0) is 49.2 Å². The van der Waals surface area contributed by atoms with E-state index in [9.17, 15) is 18.0 Å². The van der Waals surface area contributed by atoms with Crippen molar-refractivity contribution < 1.29 is 22.7 Å². The Morgan fingerprint density at radius 2 is 1.59 bits per heavy atom. The third-order valence-corrected chi connectivity index (χ3v) is 7.60. The van der Waals surface area contributed by atoms with Crippen molar-refractivity contribution in [2.45, 2.75) is 38.9 Å². The predicted molar refractivity (Wildman–Crippen MR) is 157 cm³/mol. The van der Waals surface area contributed by atoms with E-state index in [0.717, 1.165) is 26.2 Å². The summed E-state index contributed by atoms with van der Waals surface area (Å²) in [4.78, 5) is 29.1. The van der Waals surface area contributed by atoms with Crippen LogP contribution in [0.1, 0.15) is 25.0 Å². The molecule has 0 saturated heterocycles. The highest BCUT2D eigenvalue weighted by Crippen LogP contribution is 2.30. The second-order valence-electron chi connectivity index (χ2n) is 9.46. The molecular formula is C29H34BrN3O5S. The van der Waals surface area contributed by atoms with Crippen LogP contribution in [0, 0.1) is 0 Å². The fourth-order valence-electron chi connectivity index (χ4n) is 4.20. The molecule has 0 heterocycles. The van der Waals surface area contributed by atoms with Gasteiger partial charge in [0, 0.05) is 23.5 Å². The number of nitrogens with one attached hydrogen (secondary N) is 1. The normalized spacial score (nSPS) is 12.1. The highest BCUT2D eigenvalue weighted by atomic mass is 79.9. The Morgan fingerprint density at radius 1 is 0.949 bits per heavy atom. The summed E-state index contributed by atoms with van der Waals surface area (Å²) < 4.78 is 33.1. The Bertz CT molecular complexity index is 1380. The maximum absolute atomic E-state index is 14.1. The first kappa shape index (κ1) is 30.2. The standard InChI is InChI=1S/C29H34BrN3O5S/c1-21(2)31-29(35)26(18-22-11-6-5-7-12-22)32(19-23-13-10-14-24(30)17-23)28(34)20-33(39(4,36)37)25-15-8-9-16-27(25)38-3/h5-17,21,26H,18-20H2,1-4H3,(H,31,35). The number of hydrogen-bond donors (Lipinski definition) is 1. The zero-order valence-electron chi connectivity index (χ0n) is 22.5. The maximum Gasteiger partial charge on any atom is 0.244 e. The summed E-state index contributed by atoms with van der Waals surface area (Å²) in [6.45, 7) is 3.30. The van der Waals surface area contributed by atoms with Gasteiger partial charge in [-0.25, -0.2) is 8.42 Å². The van der Waals surface area contributed by atoms with E-state index in [2.05, 4.69) is 21.2 Å². The number of ether oxygens (including phenoxy) is 1. The molecule has 3 aromatic rings. The first-order valence-corrected chi connectivity index (χ1v) is 15.1. The molecule has 10 heteroatoms. The zero-order chi connectivity index (χ0) is 28.6. The molecule has 0 radical (unpaired) electrons. The zero-order valence-corrected chi connectivity index (χ0v) is 24.9. The fourth-order valence-corrected chi connectivity index (χ4v) is 5.50. The summed E-state index contributed by atoms with van der Waals surface area (Å²) >= 11 is 3.47. The van der Waals surface area contributed by atoms with Crippen LogP contribution in [0.25, 0.3) is 0 Å². The van der Waals surface area contributed by atoms with Crippen LogP contribution in [-0.4, -0.2) is 57.1 Å². The lowest BCUT2D eigenvalue weighted by Crippen LogP contribution is -2.54. The number of benzene rings is 3. The van der Waals surface area contributed by atoms with Gasteiger partial charge >= 0.3 is 0 Å². The van der Waals surface area contributed by atoms with Crippen LogP contribution in [0.5, 0.6) is 5.75 Å². The van der Waals surface area contributed by atoms with Crippen molar-refractivity contribution in [2.75, 3.05) is 24.2 Å². The number of rotatable bonds is 12. The lowest BCUT2D eigenvalue weighted by atomic mass is 10.0. The van der Waals surface area contributed by atoms with E-state index in [1.807, 2.05) is 68.4 Å². The number of methoxy groups -OCH3 is 1. The van der Waals surface area contributed by atoms with Gasteiger partial charge in [-0.3, -0.25) is 13.9 Å². The minimum Gasteiger partial charge on any atom is -0.495 e. The van der Waals surface area contributed by atoms with Crippen molar-refractivity contribution in [3.05, 3.63) is 94.5 Å². The SMILES string of the molecule is COc1ccccc1N(CC(=O)N(Cc1cccc(Br)c1)C(Cc1ccccc1)C(=O)NC(C)C)S(C)(=O)=O. The average Bonchev–Trinajstić information content (AvgIpc) is 2.88. The van der Waals surface area contributed by atoms with E-state index in [-0.39, 0.29) is 30.6 Å². The Hall–Kier alpha value is -3.37. The van der Waals surface area contributed by atoms with Gasteiger partial charge in [0.2, 0.25) is 21.8 Å². The predicted octanol–water partition coefficient (Wildman–Crippen LogP) is 4.39. The molecule has 1 N–H and O–H groups in total. The molecule has 2 amide bonds. The van der Waals surface area contributed by atoms with Crippen molar-refractivity contribution in [1.82, 2.24) is 10.2 Å². The monoisotopic (exact) mass is 615 g/mol. The van der Waals surface area contributed by atoms with E-state index in [0.29, 0.717) is 5.75 Å². The Kier molecular flexibility index (Phi) is 10.5. The van der Waals surface area contributed by atoms with Crippen molar-refractivity contribution >= 4 is 43.5 Å². The van der Waals surface area contributed by atoms with Crippen LogP contribution in [-0.2, 0) is 32.6 Å². The fraction of sp³-hybridized carbons (Fsp3) is 0.310. The lowest BCUT2D eigenvalue weighted by molar-refractivity contribution is -0.140. The van der Waals surface area contributed by atoms with Crippen molar-refractivity contribution in [3.63, 3.8) is 0 Å². The minimum absolute atomic E-state index is 0.102. The maximum atomic E-state index is 14.1. The number of nitrogens with zero attached hydrogens (tertiary/aromatic N) is 2. The van der Waals surface area contributed by atoms with Crippen LogP contribution in [0.15, 0.2) is 83.3 Å². The molecule has 8 nitrogen and oxygen atoms in total. The molecule has 3 rings (SSSR count). The largest absolute Gasteiger partial charge is 0.495 e. The molecule has 0 saturated carbocycles. The molecule has 0 bridgehead atoms. The van der Waals surface area contributed by atoms with Gasteiger partial charge < -0.3 is 15.0 Å². The molecule has 0 fully saturated rings. The molecule has 0 spiro atoms. The van der Waals surface area contributed by atoms with Crippen LogP contribution in [0.3, 0.4) is 0 Å². The summed E-state index contributed by atoms with van der Waals surface area (Å²) in [5.74, 6) is -0.529. The molecular weight excluding hydrogens is 582 g/mol. The van der Waals surface area contributed by atoms with Crippen molar-refractivity contribution in [2.24, 2.45) is 0 Å². The van der Waals surface area contributed by atoms with Gasteiger partial charge in [0.15, 0.2) is 0 Å². The topological polar surface area (TPSA) is 96.0 Å². The van der Waals surface area contributed by atoms with E-state index in [1.165, 1.54) is 12.0 Å². The van der Waals surface area contributed by atoms with Crippen LogP contribution in [0.2, 0.25) is 0 Å². The van der Waals surface area contributed by atoms with Gasteiger partial charge in [-0.2, -0.15) is 0 Å². The average molecular weight is 617 g/mol. The number of carbonyl (C=O) groups is 2. The molecule has 1 unspecified atom stereocenters. The molecule has 0 aliphatic carbocycles. The van der Waals surface area contributed by atoms with Crippen LogP contribution in [0.4, 0.5) is 5.69 Å². The number of halogens is 1. The van der Waals surface area contributed by atoms with Gasteiger partial charge in [0.1, 0.15) is 18.3 Å². The number of anilines is 1. The number of para-hydroxylation sites is 2. The highest BCUT2D eigenvalue weighted by Gasteiger charge is 2.33. The van der Waals surface area contributed by atoms with Crippen LogP contribution >= 0.6 is 15.9 Å². The first-order valence-electron chi connectivity index (χ1n) is 12.5. The summed E-state index contributed by atoms with van der Waals surface area (Å²) in [5, 5.41) is 2.94. The molecule has 0 aromatic heterocycles. The van der Waals surface area contributed by atoms with Gasteiger partial charge in [0.25, 0.3) is 0 Å². The minimum atomic E-state index is -3.88. The van der Waals surface area contributed by atoms with E-state index >= 15 is 0 Å². The van der Waals surface area contributed by atoms with E-state index < -0.39 is 28.5 Å². The van der Waals surface area contributed by atoms with Gasteiger partial charge in [0.05, 0.1) is 19.1 Å². The summed E-state index contributed by atoms with van der Waals surface area (Å²) in [6, 6.07) is 22.4. The number of sulfonamides is 1. The summed E-state index contributed by atoms with van der Waals surface area (Å²) in [5.41, 5.74) is 1.90. The smallest absolute Gasteiger partial charge is 0.244 e. The van der Waals surface area contributed by atoms with E-state index in [1.54, 1.807) is 24.3 Å². The second kappa shape index (κ2) is 13.6. The van der Waals surface area contributed by atoms with E-state index in [4.69, 9.17) is 4.74 Å². The Labute approximate surface area is 239 Å². The molecule has 0 aliphatic rings. The third kappa shape index (κ3) is 8.56.